The lowest BCUT2D eigenvalue weighted by molar-refractivity contribution is 0.0909. The molecule has 1 aromatic carbocycles. The highest BCUT2D eigenvalue weighted by Gasteiger charge is 2.30. The van der Waals surface area contributed by atoms with E-state index in [0.717, 1.165) is 31.6 Å². The summed E-state index contributed by atoms with van der Waals surface area (Å²) < 4.78 is 24.1. The number of nitrogens with one attached hydrogen (secondary N) is 2. The monoisotopic (exact) mass is 322 g/mol. The number of hydrogen-bond acceptors (Lipinski definition) is 3. The van der Waals surface area contributed by atoms with Crippen molar-refractivity contribution in [2.45, 2.75) is 18.9 Å². The van der Waals surface area contributed by atoms with E-state index in [1.807, 2.05) is 0 Å². The number of benzene rings is 1. The van der Waals surface area contributed by atoms with Gasteiger partial charge in [-0.25, -0.2) is 9.18 Å². The summed E-state index contributed by atoms with van der Waals surface area (Å²) in [5.74, 6) is 0.375. The molecule has 1 aromatic rings. The van der Waals surface area contributed by atoms with E-state index in [9.17, 15) is 9.18 Å². The van der Waals surface area contributed by atoms with E-state index in [1.165, 1.54) is 12.1 Å². The van der Waals surface area contributed by atoms with E-state index in [4.69, 9.17) is 9.47 Å². The normalized spacial score (nSPS) is 27.1. The third kappa shape index (κ3) is 4.42. The summed E-state index contributed by atoms with van der Waals surface area (Å²) in [7, 11) is 0. The maximum atomic E-state index is 13.0. The van der Waals surface area contributed by atoms with Crippen LogP contribution in [0.1, 0.15) is 24.5 Å². The predicted octanol–water partition coefficient (Wildman–Crippen LogP) is 2.24. The molecule has 3 rings (SSSR count). The second-order valence-corrected chi connectivity index (χ2v) is 6.21. The summed E-state index contributed by atoms with van der Waals surface area (Å²) in [5.41, 5.74) is 0.958. The van der Waals surface area contributed by atoms with Crippen LogP contribution in [0.15, 0.2) is 24.3 Å². The van der Waals surface area contributed by atoms with Gasteiger partial charge >= 0.3 is 6.03 Å². The first-order chi connectivity index (χ1) is 11.2. The van der Waals surface area contributed by atoms with Crippen LogP contribution in [-0.4, -0.2) is 38.9 Å². The van der Waals surface area contributed by atoms with Gasteiger partial charge in [0.05, 0.1) is 12.7 Å². The molecule has 0 unspecified atom stereocenters. The van der Waals surface area contributed by atoms with Crippen LogP contribution in [0.2, 0.25) is 0 Å². The Morgan fingerprint density at radius 3 is 2.65 bits per heavy atom. The van der Waals surface area contributed by atoms with Crippen molar-refractivity contribution < 1.29 is 18.7 Å². The Kier molecular flexibility index (Phi) is 5.46. The van der Waals surface area contributed by atoms with Gasteiger partial charge in [0.2, 0.25) is 0 Å². The van der Waals surface area contributed by atoms with Crippen molar-refractivity contribution in [1.82, 2.24) is 10.6 Å². The fourth-order valence-corrected chi connectivity index (χ4v) is 3.13. The SMILES string of the molecule is O=C(NC[C@H]1CCOC1)NC[C@@H]1CCO[C@H]1c1ccc(F)cc1. The number of rotatable bonds is 5. The average molecular weight is 322 g/mol. The Balaban J connectivity index is 1.44. The topological polar surface area (TPSA) is 59.6 Å². The summed E-state index contributed by atoms with van der Waals surface area (Å²) in [6.45, 7) is 3.37. The van der Waals surface area contributed by atoms with Gasteiger partial charge in [-0.15, -0.1) is 0 Å². The molecular formula is C17H23FN2O3. The molecule has 2 N–H and O–H groups in total. The molecule has 6 heteroatoms. The van der Waals surface area contributed by atoms with Gasteiger partial charge in [0.1, 0.15) is 5.82 Å². The molecule has 2 amide bonds. The number of hydrogen-bond donors (Lipinski definition) is 2. The fourth-order valence-electron chi connectivity index (χ4n) is 3.13. The van der Waals surface area contributed by atoms with Gasteiger partial charge in [-0.3, -0.25) is 0 Å². The van der Waals surface area contributed by atoms with E-state index in [2.05, 4.69) is 10.6 Å². The minimum Gasteiger partial charge on any atom is -0.381 e. The molecule has 2 heterocycles. The van der Waals surface area contributed by atoms with Crippen molar-refractivity contribution in [2.75, 3.05) is 32.9 Å². The molecule has 5 nitrogen and oxygen atoms in total. The molecule has 3 atom stereocenters. The van der Waals surface area contributed by atoms with Crippen molar-refractivity contribution in [2.24, 2.45) is 11.8 Å². The molecule has 2 fully saturated rings. The van der Waals surface area contributed by atoms with E-state index in [-0.39, 0.29) is 23.9 Å². The Bertz CT molecular complexity index is 517. The molecule has 0 spiro atoms. The second-order valence-electron chi connectivity index (χ2n) is 6.21. The Hall–Kier alpha value is -1.66. The number of amides is 2. The molecule has 0 radical (unpaired) electrons. The summed E-state index contributed by atoms with van der Waals surface area (Å²) >= 11 is 0. The molecule has 126 valence electrons. The molecule has 0 saturated carbocycles. The number of halogens is 1. The third-order valence-corrected chi connectivity index (χ3v) is 4.51. The lowest BCUT2D eigenvalue weighted by Crippen LogP contribution is -2.40. The van der Waals surface area contributed by atoms with Gasteiger partial charge in [-0.2, -0.15) is 0 Å². The van der Waals surface area contributed by atoms with Gasteiger partial charge in [-0.1, -0.05) is 12.1 Å². The van der Waals surface area contributed by atoms with Crippen LogP contribution in [0, 0.1) is 17.7 Å². The quantitative estimate of drug-likeness (QED) is 0.874. The maximum Gasteiger partial charge on any atom is 0.314 e. The maximum absolute atomic E-state index is 13.0. The highest BCUT2D eigenvalue weighted by molar-refractivity contribution is 5.73. The van der Waals surface area contributed by atoms with Crippen LogP contribution in [0.3, 0.4) is 0 Å². The standard InChI is InChI=1S/C17H23FN2O3/c18-15-3-1-13(2-4-15)16-14(6-8-23-16)10-20-17(21)19-9-12-5-7-22-11-12/h1-4,12,14,16H,5-11H2,(H2,19,20,21)/t12-,14+,16+/m1/s1. The zero-order valence-electron chi connectivity index (χ0n) is 13.1. The number of carbonyl (C=O) groups is 1. The van der Waals surface area contributed by atoms with Crippen molar-refractivity contribution >= 4 is 6.03 Å². The molecule has 23 heavy (non-hydrogen) atoms. The molecule has 2 saturated heterocycles. The molecule has 2 aliphatic rings. The summed E-state index contributed by atoms with van der Waals surface area (Å²) in [6, 6.07) is 6.23. The van der Waals surface area contributed by atoms with Gasteiger partial charge < -0.3 is 20.1 Å². The Morgan fingerprint density at radius 2 is 1.91 bits per heavy atom. The van der Waals surface area contributed by atoms with Crippen molar-refractivity contribution in [3.63, 3.8) is 0 Å². The van der Waals surface area contributed by atoms with Crippen LogP contribution in [0.25, 0.3) is 0 Å². The van der Waals surface area contributed by atoms with Gasteiger partial charge in [0.15, 0.2) is 0 Å². The molecular weight excluding hydrogens is 299 g/mol. The van der Waals surface area contributed by atoms with Crippen LogP contribution in [0.4, 0.5) is 9.18 Å². The molecule has 0 aromatic heterocycles. The Labute approximate surface area is 135 Å². The highest BCUT2D eigenvalue weighted by Crippen LogP contribution is 2.34. The lowest BCUT2D eigenvalue weighted by Gasteiger charge is -2.20. The second kappa shape index (κ2) is 7.75. The first-order valence-electron chi connectivity index (χ1n) is 8.19. The van der Waals surface area contributed by atoms with Gasteiger partial charge in [0, 0.05) is 38.1 Å². The zero-order chi connectivity index (χ0) is 16.1. The van der Waals surface area contributed by atoms with E-state index >= 15 is 0 Å². The van der Waals surface area contributed by atoms with E-state index in [0.29, 0.717) is 25.6 Å². The van der Waals surface area contributed by atoms with Gasteiger partial charge in [-0.05, 0) is 30.5 Å². The fraction of sp³-hybridized carbons (Fsp3) is 0.588. The minimum atomic E-state index is -0.253. The first kappa shape index (κ1) is 16.2. The zero-order valence-corrected chi connectivity index (χ0v) is 13.1. The highest BCUT2D eigenvalue weighted by atomic mass is 19.1. The molecule has 2 aliphatic heterocycles. The third-order valence-electron chi connectivity index (χ3n) is 4.51. The minimum absolute atomic E-state index is 0.0841. The van der Waals surface area contributed by atoms with Crippen LogP contribution < -0.4 is 10.6 Å². The van der Waals surface area contributed by atoms with E-state index < -0.39 is 0 Å². The van der Waals surface area contributed by atoms with Crippen molar-refractivity contribution in [1.29, 1.82) is 0 Å². The first-order valence-corrected chi connectivity index (χ1v) is 8.19. The van der Waals surface area contributed by atoms with Crippen LogP contribution in [-0.2, 0) is 9.47 Å². The number of ether oxygens (including phenoxy) is 2. The number of carbonyl (C=O) groups excluding carboxylic acids is 1. The van der Waals surface area contributed by atoms with E-state index in [1.54, 1.807) is 12.1 Å². The number of urea groups is 1. The van der Waals surface area contributed by atoms with Crippen molar-refractivity contribution in [3.8, 4) is 0 Å². The van der Waals surface area contributed by atoms with Crippen LogP contribution in [0.5, 0.6) is 0 Å². The summed E-state index contributed by atoms with van der Waals surface area (Å²) in [5, 5.41) is 5.80. The smallest absolute Gasteiger partial charge is 0.314 e. The lowest BCUT2D eigenvalue weighted by atomic mass is 9.95. The molecule has 0 aliphatic carbocycles. The van der Waals surface area contributed by atoms with Crippen LogP contribution >= 0.6 is 0 Å². The summed E-state index contributed by atoms with van der Waals surface area (Å²) in [6.07, 6.45) is 1.81. The largest absolute Gasteiger partial charge is 0.381 e. The average Bonchev–Trinajstić information content (AvgIpc) is 3.23. The molecule has 0 bridgehead atoms. The Morgan fingerprint density at radius 1 is 1.13 bits per heavy atom. The van der Waals surface area contributed by atoms with Crippen molar-refractivity contribution in [3.05, 3.63) is 35.6 Å². The predicted molar refractivity (Wildman–Crippen MR) is 83.5 cm³/mol. The van der Waals surface area contributed by atoms with Gasteiger partial charge in [0.25, 0.3) is 0 Å². The summed E-state index contributed by atoms with van der Waals surface area (Å²) in [4.78, 5) is 11.9.